The first-order chi connectivity index (χ1) is 11.2. The number of hydrogen-bond acceptors (Lipinski definition) is 4. The Balaban J connectivity index is 1.60. The minimum atomic E-state index is -0.815. The number of aromatic nitrogens is 1. The first-order valence-corrected chi connectivity index (χ1v) is 7.24. The Morgan fingerprint density at radius 1 is 1.13 bits per heavy atom. The van der Waals surface area contributed by atoms with Gasteiger partial charge in [-0.2, -0.15) is 0 Å². The second-order valence-corrected chi connectivity index (χ2v) is 5.12. The molecule has 116 valence electrons. The number of carbonyl (C=O) groups excluding carboxylic acids is 1. The third kappa shape index (κ3) is 3.84. The highest BCUT2D eigenvalue weighted by Gasteiger charge is 2.13. The molecule has 1 amide bonds. The summed E-state index contributed by atoms with van der Waals surface area (Å²) in [6.45, 7) is 0. The molecule has 0 saturated heterocycles. The topological polar surface area (TPSA) is 75.4 Å². The Hall–Kier alpha value is -2.92. The molecule has 1 heterocycles. The van der Waals surface area contributed by atoms with E-state index in [0.29, 0.717) is 11.4 Å². The van der Waals surface area contributed by atoms with Crippen LogP contribution in [0.4, 0.5) is 5.69 Å². The highest BCUT2D eigenvalue weighted by atomic mass is 16.3. The smallest absolute Gasteiger partial charge is 0.227 e. The van der Waals surface area contributed by atoms with Crippen molar-refractivity contribution in [2.45, 2.75) is 12.5 Å². The third-order valence-electron chi connectivity index (χ3n) is 3.45. The quantitative estimate of drug-likeness (QED) is 0.757. The van der Waals surface area contributed by atoms with Gasteiger partial charge in [-0.3, -0.25) is 4.79 Å². The standard InChI is InChI=1S/C18H16N2O3/c21-16(13-4-2-1-3-5-13)10-18(22)20-15-8-6-14(7-9-15)17-11-19-12-23-17/h1-9,11-12,16,21H,10H2,(H,20,22). The summed E-state index contributed by atoms with van der Waals surface area (Å²) in [6, 6.07) is 16.4. The average molecular weight is 308 g/mol. The lowest BCUT2D eigenvalue weighted by atomic mass is 10.1. The molecule has 1 aromatic heterocycles. The van der Waals surface area contributed by atoms with Crippen LogP contribution in [0.1, 0.15) is 18.1 Å². The second-order valence-electron chi connectivity index (χ2n) is 5.12. The predicted molar refractivity (Wildman–Crippen MR) is 86.6 cm³/mol. The molecule has 2 N–H and O–H groups in total. The zero-order valence-corrected chi connectivity index (χ0v) is 12.3. The van der Waals surface area contributed by atoms with Gasteiger partial charge in [0.1, 0.15) is 0 Å². The van der Waals surface area contributed by atoms with Gasteiger partial charge < -0.3 is 14.8 Å². The Labute approximate surface area is 133 Å². The normalized spacial score (nSPS) is 11.9. The van der Waals surface area contributed by atoms with E-state index in [1.165, 1.54) is 6.39 Å². The number of amides is 1. The summed E-state index contributed by atoms with van der Waals surface area (Å²) in [6.07, 6.45) is 2.19. The van der Waals surface area contributed by atoms with E-state index in [0.717, 1.165) is 11.1 Å². The highest BCUT2D eigenvalue weighted by Crippen LogP contribution is 2.21. The first-order valence-electron chi connectivity index (χ1n) is 7.24. The maximum atomic E-state index is 12.0. The van der Waals surface area contributed by atoms with Crippen molar-refractivity contribution in [1.29, 1.82) is 0 Å². The van der Waals surface area contributed by atoms with Crippen molar-refractivity contribution < 1.29 is 14.3 Å². The highest BCUT2D eigenvalue weighted by molar-refractivity contribution is 5.91. The molecule has 0 radical (unpaired) electrons. The molecular formula is C18H16N2O3. The van der Waals surface area contributed by atoms with Crippen LogP contribution >= 0.6 is 0 Å². The molecule has 0 fully saturated rings. The van der Waals surface area contributed by atoms with E-state index in [1.807, 2.05) is 30.3 Å². The molecule has 5 heteroatoms. The van der Waals surface area contributed by atoms with E-state index in [2.05, 4.69) is 10.3 Å². The molecular weight excluding hydrogens is 292 g/mol. The summed E-state index contributed by atoms with van der Waals surface area (Å²) in [5.41, 5.74) is 2.27. The van der Waals surface area contributed by atoms with Gasteiger partial charge >= 0.3 is 0 Å². The maximum absolute atomic E-state index is 12.0. The van der Waals surface area contributed by atoms with Gasteiger partial charge in [-0.05, 0) is 29.8 Å². The fourth-order valence-corrected chi connectivity index (χ4v) is 2.26. The van der Waals surface area contributed by atoms with E-state index in [-0.39, 0.29) is 12.3 Å². The molecule has 1 unspecified atom stereocenters. The van der Waals surface area contributed by atoms with E-state index in [4.69, 9.17) is 4.42 Å². The van der Waals surface area contributed by atoms with Crippen LogP contribution < -0.4 is 5.32 Å². The largest absolute Gasteiger partial charge is 0.444 e. The number of nitrogens with one attached hydrogen (secondary N) is 1. The van der Waals surface area contributed by atoms with Crippen molar-refractivity contribution in [2.75, 3.05) is 5.32 Å². The molecule has 2 aromatic carbocycles. The van der Waals surface area contributed by atoms with Gasteiger partial charge in [0, 0.05) is 11.3 Å². The lowest BCUT2D eigenvalue weighted by molar-refractivity contribution is -0.118. The Kier molecular flexibility index (Phi) is 4.49. The molecule has 0 aliphatic heterocycles. The zero-order chi connectivity index (χ0) is 16.1. The van der Waals surface area contributed by atoms with Crippen LogP contribution in [0.25, 0.3) is 11.3 Å². The maximum Gasteiger partial charge on any atom is 0.227 e. The number of carbonyl (C=O) groups is 1. The molecule has 3 aromatic rings. The van der Waals surface area contributed by atoms with Crippen LogP contribution in [0.15, 0.2) is 71.6 Å². The fourth-order valence-electron chi connectivity index (χ4n) is 2.26. The third-order valence-corrected chi connectivity index (χ3v) is 3.45. The monoisotopic (exact) mass is 308 g/mol. The Morgan fingerprint density at radius 3 is 2.52 bits per heavy atom. The Morgan fingerprint density at radius 2 is 1.87 bits per heavy atom. The number of nitrogens with zero attached hydrogens (tertiary/aromatic N) is 1. The molecule has 1 atom stereocenters. The van der Waals surface area contributed by atoms with Gasteiger partial charge in [0.05, 0.1) is 18.7 Å². The molecule has 0 aliphatic rings. The second kappa shape index (κ2) is 6.89. The van der Waals surface area contributed by atoms with Crippen LogP contribution in [0, 0.1) is 0 Å². The van der Waals surface area contributed by atoms with Crippen LogP contribution in [-0.4, -0.2) is 16.0 Å². The van der Waals surface area contributed by atoms with Crippen LogP contribution in [0.5, 0.6) is 0 Å². The van der Waals surface area contributed by atoms with Gasteiger partial charge in [0.15, 0.2) is 12.2 Å². The minimum absolute atomic E-state index is 0.00781. The predicted octanol–water partition coefficient (Wildman–Crippen LogP) is 3.40. The summed E-state index contributed by atoms with van der Waals surface area (Å²) in [4.78, 5) is 15.9. The number of aliphatic hydroxyl groups is 1. The van der Waals surface area contributed by atoms with E-state index >= 15 is 0 Å². The minimum Gasteiger partial charge on any atom is -0.444 e. The van der Waals surface area contributed by atoms with Crippen molar-refractivity contribution in [3.63, 3.8) is 0 Å². The van der Waals surface area contributed by atoms with Gasteiger partial charge in [0.2, 0.25) is 5.91 Å². The van der Waals surface area contributed by atoms with Gasteiger partial charge in [-0.15, -0.1) is 0 Å². The number of anilines is 1. The number of hydrogen-bond donors (Lipinski definition) is 2. The SMILES string of the molecule is O=C(CC(O)c1ccccc1)Nc1ccc(-c2cnco2)cc1. The van der Waals surface area contributed by atoms with Crippen molar-refractivity contribution in [3.05, 3.63) is 72.8 Å². The number of rotatable bonds is 5. The van der Waals surface area contributed by atoms with Crippen molar-refractivity contribution in [3.8, 4) is 11.3 Å². The number of aliphatic hydroxyl groups excluding tert-OH is 1. The van der Waals surface area contributed by atoms with Crippen molar-refractivity contribution >= 4 is 11.6 Å². The Bertz CT molecular complexity index is 753. The molecule has 0 spiro atoms. The summed E-state index contributed by atoms with van der Waals surface area (Å²) in [5.74, 6) is 0.427. The van der Waals surface area contributed by atoms with Gasteiger partial charge in [-0.1, -0.05) is 30.3 Å². The van der Waals surface area contributed by atoms with Crippen LogP contribution in [-0.2, 0) is 4.79 Å². The molecule has 3 rings (SSSR count). The van der Waals surface area contributed by atoms with Crippen molar-refractivity contribution in [2.24, 2.45) is 0 Å². The number of benzene rings is 2. The lowest BCUT2D eigenvalue weighted by Gasteiger charge is -2.11. The van der Waals surface area contributed by atoms with E-state index in [9.17, 15) is 9.90 Å². The summed E-state index contributed by atoms with van der Waals surface area (Å²) < 4.78 is 5.21. The van der Waals surface area contributed by atoms with Crippen LogP contribution in [0.2, 0.25) is 0 Å². The van der Waals surface area contributed by atoms with Gasteiger partial charge in [-0.25, -0.2) is 4.98 Å². The summed E-state index contributed by atoms with van der Waals surface area (Å²) in [5, 5.41) is 12.8. The fraction of sp³-hybridized carbons (Fsp3) is 0.111. The summed E-state index contributed by atoms with van der Waals surface area (Å²) >= 11 is 0. The van der Waals surface area contributed by atoms with Gasteiger partial charge in [0.25, 0.3) is 0 Å². The zero-order valence-electron chi connectivity index (χ0n) is 12.3. The first kappa shape index (κ1) is 15.0. The van der Waals surface area contributed by atoms with E-state index in [1.54, 1.807) is 30.5 Å². The lowest BCUT2D eigenvalue weighted by Crippen LogP contribution is -2.15. The number of oxazole rings is 1. The molecule has 0 bridgehead atoms. The van der Waals surface area contributed by atoms with Crippen LogP contribution in [0.3, 0.4) is 0 Å². The summed E-state index contributed by atoms with van der Waals surface area (Å²) in [7, 11) is 0. The van der Waals surface area contributed by atoms with Crippen molar-refractivity contribution in [1.82, 2.24) is 4.98 Å². The molecule has 23 heavy (non-hydrogen) atoms. The average Bonchev–Trinajstić information content (AvgIpc) is 3.11. The van der Waals surface area contributed by atoms with E-state index < -0.39 is 6.10 Å². The molecule has 5 nitrogen and oxygen atoms in total. The molecule has 0 saturated carbocycles. The molecule has 0 aliphatic carbocycles.